The van der Waals surface area contributed by atoms with Crippen molar-refractivity contribution >= 4 is 11.6 Å². The van der Waals surface area contributed by atoms with Crippen LogP contribution in [0.5, 0.6) is 0 Å². The van der Waals surface area contributed by atoms with Crippen LogP contribution in [-0.4, -0.2) is 41.4 Å². The second-order valence-electron chi connectivity index (χ2n) is 6.56. The molecule has 1 fully saturated rings. The highest BCUT2D eigenvalue weighted by molar-refractivity contribution is 5.94. The summed E-state index contributed by atoms with van der Waals surface area (Å²) in [5.41, 5.74) is 1.83. The minimum Gasteiger partial charge on any atom is -0.339 e. The lowest BCUT2D eigenvalue weighted by Gasteiger charge is -2.32. The average molecular weight is 353 g/mol. The van der Waals surface area contributed by atoms with E-state index in [4.69, 9.17) is 0 Å². The monoisotopic (exact) mass is 353 g/mol. The Morgan fingerprint density at radius 3 is 2.35 bits per heavy atom. The van der Waals surface area contributed by atoms with Crippen LogP contribution in [0.3, 0.4) is 0 Å². The third kappa shape index (κ3) is 4.67. The topological polar surface area (TPSA) is 75.5 Å². The Kier molecular flexibility index (Phi) is 5.96. The molecule has 2 aromatic carbocycles. The third-order valence-electron chi connectivity index (χ3n) is 4.80. The number of nitrogens with one attached hydrogen (secondary N) is 1. The molecule has 1 heterocycles. The van der Waals surface area contributed by atoms with E-state index in [2.05, 4.69) is 29.6 Å². The van der Waals surface area contributed by atoms with Crippen LogP contribution in [0.4, 0.5) is 5.69 Å². The van der Waals surface area contributed by atoms with Gasteiger partial charge in [-0.25, -0.2) is 0 Å². The molecule has 1 amide bonds. The summed E-state index contributed by atoms with van der Waals surface area (Å²) in [4.78, 5) is 24.6. The molecule has 6 nitrogen and oxygen atoms in total. The zero-order valence-corrected chi connectivity index (χ0v) is 14.6. The van der Waals surface area contributed by atoms with Crippen molar-refractivity contribution in [2.75, 3.05) is 19.6 Å². The Hall–Kier alpha value is -2.73. The smallest absolute Gasteiger partial charge is 0.269 e. The van der Waals surface area contributed by atoms with Crippen molar-refractivity contribution in [1.29, 1.82) is 0 Å². The molecule has 0 saturated carbocycles. The van der Waals surface area contributed by atoms with Crippen molar-refractivity contribution < 1.29 is 9.72 Å². The molecule has 0 bridgehead atoms. The summed E-state index contributed by atoms with van der Waals surface area (Å²) in [6.45, 7) is 2.35. The van der Waals surface area contributed by atoms with Gasteiger partial charge < -0.3 is 10.2 Å². The fourth-order valence-electron chi connectivity index (χ4n) is 3.26. The van der Waals surface area contributed by atoms with Gasteiger partial charge in [-0.1, -0.05) is 30.3 Å². The number of rotatable bonds is 6. The Morgan fingerprint density at radius 1 is 1.08 bits per heavy atom. The van der Waals surface area contributed by atoms with E-state index in [0.717, 1.165) is 25.8 Å². The number of hydrogen-bond acceptors (Lipinski definition) is 4. The first-order valence-corrected chi connectivity index (χ1v) is 8.94. The van der Waals surface area contributed by atoms with Gasteiger partial charge in [0.2, 0.25) is 0 Å². The number of likely N-dealkylation sites (tertiary alicyclic amines) is 1. The van der Waals surface area contributed by atoms with E-state index >= 15 is 0 Å². The number of carbonyl (C=O) groups excluding carboxylic acids is 1. The number of amides is 1. The van der Waals surface area contributed by atoms with E-state index in [-0.39, 0.29) is 11.6 Å². The largest absolute Gasteiger partial charge is 0.339 e. The minimum absolute atomic E-state index is 0.00266. The first-order chi connectivity index (χ1) is 12.6. The van der Waals surface area contributed by atoms with Gasteiger partial charge >= 0.3 is 0 Å². The van der Waals surface area contributed by atoms with Gasteiger partial charge in [0.25, 0.3) is 11.6 Å². The summed E-state index contributed by atoms with van der Waals surface area (Å²) in [5, 5.41) is 14.3. The molecule has 1 aliphatic rings. The molecule has 6 heteroatoms. The van der Waals surface area contributed by atoms with Crippen molar-refractivity contribution in [2.45, 2.75) is 25.3 Å². The molecular weight excluding hydrogens is 330 g/mol. The number of benzene rings is 2. The second kappa shape index (κ2) is 8.58. The molecule has 136 valence electrons. The van der Waals surface area contributed by atoms with Crippen LogP contribution >= 0.6 is 0 Å². The van der Waals surface area contributed by atoms with Crippen LogP contribution in [0.1, 0.15) is 28.8 Å². The number of carbonyl (C=O) groups is 1. The van der Waals surface area contributed by atoms with Gasteiger partial charge in [0.05, 0.1) is 4.92 Å². The maximum absolute atomic E-state index is 12.5. The minimum atomic E-state index is -0.457. The van der Waals surface area contributed by atoms with Gasteiger partial charge in [-0.15, -0.1) is 0 Å². The fraction of sp³-hybridized carbons (Fsp3) is 0.350. The van der Waals surface area contributed by atoms with Crippen LogP contribution in [-0.2, 0) is 6.42 Å². The second-order valence-corrected chi connectivity index (χ2v) is 6.56. The SMILES string of the molecule is O=C(c1ccc([N+](=O)[O-])cc1)N1CCC(NCCc2ccccc2)CC1. The van der Waals surface area contributed by atoms with Crippen molar-refractivity contribution in [2.24, 2.45) is 0 Å². The lowest BCUT2D eigenvalue weighted by molar-refractivity contribution is -0.384. The first kappa shape index (κ1) is 18.1. The van der Waals surface area contributed by atoms with E-state index in [1.54, 1.807) is 0 Å². The number of nitro groups is 1. The number of non-ortho nitro benzene ring substituents is 1. The molecule has 0 radical (unpaired) electrons. The summed E-state index contributed by atoms with van der Waals surface area (Å²) >= 11 is 0. The molecule has 1 saturated heterocycles. The molecule has 0 atom stereocenters. The standard InChI is InChI=1S/C20H23N3O3/c24-20(17-6-8-19(9-7-17)23(25)26)22-14-11-18(12-15-22)21-13-10-16-4-2-1-3-5-16/h1-9,18,21H,10-15H2. The number of nitrogens with zero attached hydrogens (tertiary/aromatic N) is 2. The van der Waals surface area contributed by atoms with Crippen LogP contribution in [0, 0.1) is 10.1 Å². The zero-order valence-electron chi connectivity index (χ0n) is 14.6. The predicted octanol–water partition coefficient (Wildman–Crippen LogP) is 3.03. The van der Waals surface area contributed by atoms with Crippen molar-refractivity contribution in [3.63, 3.8) is 0 Å². The highest BCUT2D eigenvalue weighted by Crippen LogP contribution is 2.17. The Labute approximate surface area is 153 Å². The number of hydrogen-bond donors (Lipinski definition) is 1. The summed E-state index contributed by atoms with van der Waals surface area (Å²) in [5.74, 6) is -0.0531. The summed E-state index contributed by atoms with van der Waals surface area (Å²) < 4.78 is 0. The summed E-state index contributed by atoms with van der Waals surface area (Å²) in [7, 11) is 0. The van der Waals surface area contributed by atoms with E-state index in [1.807, 2.05) is 11.0 Å². The number of piperidine rings is 1. The molecule has 0 aromatic heterocycles. The van der Waals surface area contributed by atoms with Crippen molar-refractivity contribution in [3.05, 3.63) is 75.8 Å². The van der Waals surface area contributed by atoms with Crippen LogP contribution in [0.2, 0.25) is 0 Å². The number of nitro benzene ring substituents is 1. The zero-order chi connectivity index (χ0) is 18.4. The van der Waals surface area contributed by atoms with Gasteiger partial charge in [-0.2, -0.15) is 0 Å². The fourth-order valence-corrected chi connectivity index (χ4v) is 3.26. The molecule has 1 N–H and O–H groups in total. The van der Waals surface area contributed by atoms with Gasteiger partial charge in [0.1, 0.15) is 0 Å². The van der Waals surface area contributed by atoms with E-state index < -0.39 is 4.92 Å². The van der Waals surface area contributed by atoms with Gasteiger partial charge in [-0.3, -0.25) is 14.9 Å². The van der Waals surface area contributed by atoms with Gasteiger partial charge in [-0.05, 0) is 43.5 Å². The van der Waals surface area contributed by atoms with Crippen LogP contribution in [0.15, 0.2) is 54.6 Å². The quantitative estimate of drug-likeness (QED) is 0.640. The Balaban J connectivity index is 1.44. The first-order valence-electron chi connectivity index (χ1n) is 8.94. The maximum atomic E-state index is 12.5. The Morgan fingerprint density at radius 2 is 1.73 bits per heavy atom. The molecular formula is C20H23N3O3. The molecule has 0 unspecified atom stereocenters. The van der Waals surface area contributed by atoms with Crippen LogP contribution in [0.25, 0.3) is 0 Å². The van der Waals surface area contributed by atoms with Crippen molar-refractivity contribution in [1.82, 2.24) is 10.2 Å². The maximum Gasteiger partial charge on any atom is 0.269 e. The van der Waals surface area contributed by atoms with E-state index in [9.17, 15) is 14.9 Å². The third-order valence-corrected chi connectivity index (χ3v) is 4.80. The molecule has 2 aromatic rings. The normalized spacial score (nSPS) is 15.0. The predicted molar refractivity (Wildman–Crippen MR) is 100 cm³/mol. The highest BCUT2D eigenvalue weighted by atomic mass is 16.6. The lowest BCUT2D eigenvalue weighted by Crippen LogP contribution is -2.45. The average Bonchev–Trinajstić information content (AvgIpc) is 2.69. The summed E-state index contributed by atoms with van der Waals surface area (Å²) in [6, 6.07) is 16.6. The summed E-state index contributed by atoms with van der Waals surface area (Å²) in [6.07, 6.45) is 2.85. The van der Waals surface area contributed by atoms with E-state index in [1.165, 1.54) is 29.8 Å². The van der Waals surface area contributed by atoms with Gasteiger partial charge in [0, 0.05) is 36.8 Å². The molecule has 1 aliphatic heterocycles. The van der Waals surface area contributed by atoms with Gasteiger partial charge in [0.15, 0.2) is 0 Å². The molecule has 0 aliphatic carbocycles. The van der Waals surface area contributed by atoms with Crippen molar-refractivity contribution in [3.8, 4) is 0 Å². The molecule has 0 spiro atoms. The molecule has 26 heavy (non-hydrogen) atoms. The highest BCUT2D eigenvalue weighted by Gasteiger charge is 2.23. The Bertz CT molecular complexity index is 739. The molecule has 3 rings (SSSR count). The van der Waals surface area contributed by atoms with Crippen LogP contribution < -0.4 is 5.32 Å². The lowest BCUT2D eigenvalue weighted by atomic mass is 10.0. The van der Waals surface area contributed by atoms with E-state index in [0.29, 0.717) is 24.7 Å².